The first kappa shape index (κ1) is 27.2. The first-order valence-electron chi connectivity index (χ1n) is 13.2. The molecule has 0 spiro atoms. The number of rotatable bonds is 9. The van der Waals surface area contributed by atoms with E-state index in [1.807, 2.05) is 24.3 Å². The Balaban J connectivity index is 1.44. The Hall–Kier alpha value is -4.41. The number of hydrogen-bond donors (Lipinski definition) is 3. The van der Waals surface area contributed by atoms with Crippen molar-refractivity contribution >= 4 is 28.7 Å². The molecule has 5 rings (SSSR count). The molecular weight excluding hydrogens is 511 g/mol. The van der Waals surface area contributed by atoms with Crippen LogP contribution in [0.1, 0.15) is 46.4 Å². The van der Waals surface area contributed by atoms with E-state index in [1.54, 1.807) is 29.2 Å². The molecule has 206 valence electrons. The lowest BCUT2D eigenvalue weighted by molar-refractivity contribution is -0.146. The van der Waals surface area contributed by atoms with Crippen LogP contribution >= 0.6 is 0 Å². The largest absolute Gasteiger partial charge is 0.460 e. The average molecular weight is 543 g/mol. The van der Waals surface area contributed by atoms with Crippen LogP contribution in [0.4, 0.5) is 10.3 Å². The highest BCUT2D eigenvalue weighted by molar-refractivity contribution is 6.06. The number of nitrogen functional groups attached to an aromatic ring is 1. The first-order valence-corrected chi connectivity index (χ1v) is 13.2. The lowest BCUT2D eigenvalue weighted by Crippen LogP contribution is -2.32. The fourth-order valence-corrected chi connectivity index (χ4v) is 4.93. The lowest BCUT2D eigenvalue weighted by atomic mass is 9.97. The summed E-state index contributed by atoms with van der Waals surface area (Å²) in [6.07, 6.45) is 1.97. The van der Waals surface area contributed by atoms with Crippen LogP contribution in [0.25, 0.3) is 22.0 Å². The molecule has 0 bridgehead atoms. The third-order valence-electron chi connectivity index (χ3n) is 7.07. The number of benzene rings is 3. The molecule has 1 aliphatic rings. The smallest absolute Gasteiger partial charge is 0.323 e. The van der Waals surface area contributed by atoms with Gasteiger partial charge in [0, 0.05) is 18.5 Å². The number of aromatic nitrogens is 2. The highest BCUT2D eigenvalue weighted by atomic mass is 19.1. The van der Waals surface area contributed by atoms with Gasteiger partial charge in [-0.1, -0.05) is 42.8 Å². The number of unbranched alkanes of at least 4 members (excludes halogenated alkanes) is 1. The molecule has 3 aromatic carbocycles. The number of carbonyl (C=O) groups is 2. The van der Waals surface area contributed by atoms with Gasteiger partial charge in [-0.05, 0) is 71.5 Å². The third kappa shape index (κ3) is 5.78. The Bertz CT molecular complexity index is 1550. The van der Waals surface area contributed by atoms with Gasteiger partial charge in [-0.3, -0.25) is 9.59 Å². The molecule has 40 heavy (non-hydrogen) atoms. The van der Waals surface area contributed by atoms with E-state index in [0.29, 0.717) is 53.6 Å². The number of ether oxygens (including phenoxy) is 1. The van der Waals surface area contributed by atoms with E-state index < -0.39 is 17.8 Å². The number of fused-ring (bicyclic) bond motifs is 2. The summed E-state index contributed by atoms with van der Waals surface area (Å²) in [4.78, 5) is 36.4. The first-order chi connectivity index (χ1) is 19.3. The summed E-state index contributed by atoms with van der Waals surface area (Å²) in [5, 5.41) is 0.488. The zero-order chi connectivity index (χ0) is 28.2. The van der Waals surface area contributed by atoms with Crippen molar-refractivity contribution in [3.63, 3.8) is 0 Å². The number of nitrogens with zero attached hydrogens (tertiary/aromatic N) is 3. The maximum absolute atomic E-state index is 14.4. The van der Waals surface area contributed by atoms with Gasteiger partial charge in [-0.2, -0.15) is 0 Å². The average Bonchev–Trinajstić information content (AvgIpc) is 3.40. The van der Waals surface area contributed by atoms with Gasteiger partial charge in [-0.25, -0.2) is 14.4 Å². The van der Waals surface area contributed by atoms with Gasteiger partial charge in [-0.15, -0.1) is 0 Å². The fraction of sp³-hybridized carbons (Fsp3) is 0.267. The number of halogens is 1. The predicted octanol–water partition coefficient (Wildman–Crippen LogP) is 3.67. The summed E-state index contributed by atoms with van der Waals surface area (Å²) in [7, 11) is 0. The molecule has 6 N–H and O–H groups in total. The molecule has 1 amide bonds. The van der Waals surface area contributed by atoms with E-state index in [-0.39, 0.29) is 24.2 Å². The van der Waals surface area contributed by atoms with E-state index in [1.165, 1.54) is 12.1 Å². The van der Waals surface area contributed by atoms with Crippen molar-refractivity contribution in [3.8, 4) is 11.1 Å². The van der Waals surface area contributed by atoms with Crippen LogP contribution in [-0.4, -0.2) is 39.3 Å². The Morgan fingerprint density at radius 3 is 2.48 bits per heavy atom. The molecule has 1 aliphatic heterocycles. The van der Waals surface area contributed by atoms with Crippen molar-refractivity contribution in [3.05, 3.63) is 88.9 Å². The van der Waals surface area contributed by atoms with Gasteiger partial charge in [0.25, 0.3) is 5.91 Å². The van der Waals surface area contributed by atoms with E-state index in [0.717, 1.165) is 24.0 Å². The molecule has 1 unspecified atom stereocenters. The molecule has 0 saturated heterocycles. The van der Waals surface area contributed by atoms with Crippen molar-refractivity contribution in [2.75, 3.05) is 12.3 Å². The normalized spacial score (nSPS) is 13.3. The molecule has 0 fully saturated rings. The van der Waals surface area contributed by atoms with Crippen molar-refractivity contribution < 1.29 is 18.7 Å². The van der Waals surface area contributed by atoms with Crippen LogP contribution in [0.15, 0.2) is 60.7 Å². The van der Waals surface area contributed by atoms with E-state index in [2.05, 4.69) is 9.97 Å². The van der Waals surface area contributed by atoms with Crippen molar-refractivity contribution in [2.24, 2.45) is 11.5 Å². The Kier molecular flexibility index (Phi) is 7.99. The van der Waals surface area contributed by atoms with E-state index >= 15 is 0 Å². The maximum Gasteiger partial charge on any atom is 0.323 e. The number of esters is 1. The minimum atomic E-state index is -0.760. The highest BCUT2D eigenvalue weighted by Crippen LogP contribution is 2.31. The molecule has 0 aliphatic carbocycles. The van der Waals surface area contributed by atoms with Crippen LogP contribution in [0, 0.1) is 5.82 Å². The summed E-state index contributed by atoms with van der Waals surface area (Å²) in [6.45, 7) is 1.37. The Labute approximate surface area is 231 Å². The molecule has 10 heteroatoms. The summed E-state index contributed by atoms with van der Waals surface area (Å²) in [5.74, 6) is -1.27. The molecule has 9 nitrogen and oxygen atoms in total. The number of hydrogen-bond acceptors (Lipinski definition) is 8. The molecular formula is C30H31FN6O3. The Morgan fingerprint density at radius 1 is 1.00 bits per heavy atom. The molecule has 1 aromatic heterocycles. The number of carbonyl (C=O) groups excluding carboxylic acids is 2. The van der Waals surface area contributed by atoms with Gasteiger partial charge in [0.1, 0.15) is 24.2 Å². The molecule has 0 saturated carbocycles. The van der Waals surface area contributed by atoms with Crippen LogP contribution in [-0.2, 0) is 29.2 Å². The number of nitrogens with two attached hydrogens (primary N) is 3. The topological polar surface area (TPSA) is 150 Å². The van der Waals surface area contributed by atoms with Gasteiger partial charge in [0.05, 0.1) is 5.52 Å². The van der Waals surface area contributed by atoms with Crippen LogP contribution in [0.2, 0.25) is 0 Å². The summed E-state index contributed by atoms with van der Waals surface area (Å²) in [6, 6.07) is 16.6. The van der Waals surface area contributed by atoms with Crippen molar-refractivity contribution in [2.45, 2.75) is 45.0 Å². The molecule has 2 heterocycles. The maximum atomic E-state index is 14.4. The van der Waals surface area contributed by atoms with Gasteiger partial charge in [0.2, 0.25) is 5.95 Å². The standard InChI is InChI=1S/C30H31FN6O3/c31-22-10-8-21(17-40-29(39)25(33)7-3-4-12-32)23(14-22)18-9-11-26-24(13-18)27(36-30(34)35-26)28(38)37-15-19-5-1-2-6-20(19)16-37/h1-2,5-6,8-11,13-14,25H,3-4,7,12,15-17,32-33H2,(H2,34,35,36). The van der Waals surface area contributed by atoms with Crippen molar-refractivity contribution in [1.29, 1.82) is 0 Å². The Morgan fingerprint density at radius 2 is 1.75 bits per heavy atom. The summed E-state index contributed by atoms with van der Waals surface area (Å²) < 4.78 is 19.9. The molecule has 4 aromatic rings. The highest BCUT2D eigenvalue weighted by Gasteiger charge is 2.27. The second kappa shape index (κ2) is 11.8. The van der Waals surface area contributed by atoms with E-state index in [4.69, 9.17) is 21.9 Å². The summed E-state index contributed by atoms with van der Waals surface area (Å²) in [5.41, 5.74) is 22.0. The number of amides is 1. The van der Waals surface area contributed by atoms with Gasteiger partial charge < -0.3 is 26.8 Å². The lowest BCUT2D eigenvalue weighted by Gasteiger charge is -2.17. The minimum absolute atomic E-state index is 0.0125. The van der Waals surface area contributed by atoms with E-state index in [9.17, 15) is 14.0 Å². The van der Waals surface area contributed by atoms with Gasteiger partial charge in [0.15, 0.2) is 0 Å². The molecule has 1 atom stereocenters. The second-order valence-electron chi connectivity index (χ2n) is 9.89. The number of anilines is 1. The van der Waals surface area contributed by atoms with Gasteiger partial charge >= 0.3 is 5.97 Å². The predicted molar refractivity (Wildman–Crippen MR) is 150 cm³/mol. The summed E-state index contributed by atoms with van der Waals surface area (Å²) >= 11 is 0. The van der Waals surface area contributed by atoms with Crippen molar-refractivity contribution in [1.82, 2.24) is 14.9 Å². The second-order valence-corrected chi connectivity index (χ2v) is 9.89. The SMILES string of the molecule is NCCCCC(N)C(=O)OCc1ccc(F)cc1-c1ccc2nc(N)nc(C(=O)N3Cc4ccccc4C3)c2c1. The van der Waals surface area contributed by atoms with Crippen LogP contribution < -0.4 is 17.2 Å². The van der Waals surface area contributed by atoms with Crippen LogP contribution in [0.5, 0.6) is 0 Å². The monoisotopic (exact) mass is 542 g/mol. The molecule has 0 radical (unpaired) electrons. The zero-order valence-corrected chi connectivity index (χ0v) is 22.0. The van der Waals surface area contributed by atoms with Crippen LogP contribution in [0.3, 0.4) is 0 Å². The quantitative estimate of drug-likeness (QED) is 0.214. The minimum Gasteiger partial charge on any atom is -0.460 e. The zero-order valence-electron chi connectivity index (χ0n) is 22.0. The third-order valence-corrected chi connectivity index (χ3v) is 7.07. The fourth-order valence-electron chi connectivity index (χ4n) is 4.93.